The Bertz CT molecular complexity index is 1500. The van der Waals surface area contributed by atoms with Crippen molar-refractivity contribution in [3.63, 3.8) is 0 Å². The van der Waals surface area contributed by atoms with Crippen molar-refractivity contribution in [3.8, 4) is 17.0 Å². The molecule has 0 radical (unpaired) electrons. The summed E-state index contributed by atoms with van der Waals surface area (Å²) in [7, 11) is 0. The van der Waals surface area contributed by atoms with Crippen molar-refractivity contribution in [1.29, 1.82) is 0 Å². The number of nitrogens with one attached hydrogen (secondary N) is 1. The minimum Gasteiger partial charge on any atom is -0.482 e. The highest BCUT2D eigenvalue weighted by Gasteiger charge is 2.18. The number of carbonyl (C=O) groups excluding carboxylic acids is 1. The molecule has 0 saturated heterocycles. The molecule has 10 heteroatoms. The Labute approximate surface area is 205 Å². The number of anilines is 1. The molecule has 1 aliphatic rings. The molecular formula is C24H15BrF2N4O2S. The molecule has 0 fully saturated rings. The number of ether oxygens (including phenoxy) is 1. The zero-order chi connectivity index (χ0) is 23.7. The second-order valence-corrected chi connectivity index (χ2v) is 9.02. The number of hydrogen-bond donors (Lipinski definition) is 1. The van der Waals surface area contributed by atoms with Crippen LogP contribution in [-0.2, 0) is 4.79 Å². The van der Waals surface area contributed by atoms with Crippen LogP contribution in [0.4, 0.5) is 20.2 Å². The van der Waals surface area contributed by atoms with E-state index in [1.54, 1.807) is 23.0 Å². The van der Waals surface area contributed by atoms with Crippen LogP contribution in [0, 0.1) is 11.6 Å². The standard InChI is InChI=1S/C24H15BrF2N4O2S/c25-16-4-1-14(2-5-16)11-28-31-21(15-3-8-22-20(9-15)29-23(32)12-33-22)13-34-24(31)30-19-7-6-17(26)10-18(19)27/h1-11,13H,12H2,(H,29,32). The van der Waals surface area contributed by atoms with Gasteiger partial charge in [-0.05, 0) is 48.0 Å². The molecule has 0 unspecified atom stereocenters. The van der Waals surface area contributed by atoms with Crippen LogP contribution in [0.1, 0.15) is 5.56 Å². The highest BCUT2D eigenvalue weighted by atomic mass is 79.9. The molecule has 5 rings (SSSR count). The van der Waals surface area contributed by atoms with Gasteiger partial charge >= 0.3 is 0 Å². The summed E-state index contributed by atoms with van der Waals surface area (Å²) in [5.74, 6) is -1.12. The van der Waals surface area contributed by atoms with E-state index in [0.717, 1.165) is 27.7 Å². The van der Waals surface area contributed by atoms with Gasteiger partial charge in [0.2, 0.25) is 4.80 Å². The number of thiazole rings is 1. The van der Waals surface area contributed by atoms with E-state index in [4.69, 9.17) is 4.74 Å². The van der Waals surface area contributed by atoms with Gasteiger partial charge in [0.05, 0.1) is 17.6 Å². The van der Waals surface area contributed by atoms with Crippen molar-refractivity contribution in [2.45, 2.75) is 0 Å². The number of carbonyl (C=O) groups is 1. The number of nitrogens with zero attached hydrogens (tertiary/aromatic N) is 3. The van der Waals surface area contributed by atoms with E-state index >= 15 is 0 Å². The molecule has 1 amide bonds. The van der Waals surface area contributed by atoms with Gasteiger partial charge < -0.3 is 10.1 Å². The van der Waals surface area contributed by atoms with E-state index in [0.29, 0.717) is 21.9 Å². The van der Waals surface area contributed by atoms with Crippen molar-refractivity contribution in [1.82, 2.24) is 4.68 Å². The molecule has 0 spiro atoms. The smallest absolute Gasteiger partial charge is 0.262 e. The van der Waals surface area contributed by atoms with Crippen molar-refractivity contribution in [2.24, 2.45) is 10.1 Å². The zero-order valence-electron chi connectivity index (χ0n) is 17.3. The highest BCUT2D eigenvalue weighted by molar-refractivity contribution is 9.10. The summed E-state index contributed by atoms with van der Waals surface area (Å²) in [6.07, 6.45) is 1.66. The summed E-state index contributed by atoms with van der Waals surface area (Å²) in [6.45, 7) is -0.0332. The maximum atomic E-state index is 14.3. The molecular weight excluding hydrogens is 526 g/mol. The second-order valence-electron chi connectivity index (χ2n) is 7.27. The number of fused-ring (bicyclic) bond motifs is 1. The third-order valence-corrected chi connectivity index (χ3v) is 6.26. The third-order valence-electron chi connectivity index (χ3n) is 4.91. The molecule has 1 aliphatic heterocycles. The molecule has 3 aromatic carbocycles. The van der Waals surface area contributed by atoms with Crippen LogP contribution in [-0.4, -0.2) is 23.4 Å². The lowest BCUT2D eigenvalue weighted by atomic mass is 10.1. The average molecular weight is 541 g/mol. The van der Waals surface area contributed by atoms with Gasteiger partial charge in [0.25, 0.3) is 5.91 Å². The Kier molecular flexibility index (Phi) is 6.08. The third kappa shape index (κ3) is 4.68. The summed E-state index contributed by atoms with van der Waals surface area (Å²) in [4.78, 5) is 16.5. The monoisotopic (exact) mass is 540 g/mol. The summed E-state index contributed by atoms with van der Waals surface area (Å²) in [5, 5.41) is 9.21. The predicted octanol–water partition coefficient (Wildman–Crippen LogP) is 5.70. The van der Waals surface area contributed by atoms with Crippen LogP contribution >= 0.6 is 27.3 Å². The van der Waals surface area contributed by atoms with Crippen LogP contribution in [0.15, 0.2) is 80.6 Å². The topological polar surface area (TPSA) is 68.0 Å². The Morgan fingerprint density at radius 2 is 1.91 bits per heavy atom. The largest absolute Gasteiger partial charge is 0.482 e. The molecule has 0 bridgehead atoms. The second kappa shape index (κ2) is 9.32. The maximum Gasteiger partial charge on any atom is 0.262 e. The van der Waals surface area contributed by atoms with E-state index in [-0.39, 0.29) is 18.2 Å². The van der Waals surface area contributed by atoms with E-state index in [1.165, 1.54) is 17.4 Å². The molecule has 1 N–H and O–H groups in total. The molecule has 34 heavy (non-hydrogen) atoms. The first-order valence-corrected chi connectivity index (χ1v) is 11.7. The van der Waals surface area contributed by atoms with Crippen molar-refractivity contribution in [2.75, 3.05) is 11.9 Å². The quantitative estimate of drug-likeness (QED) is 0.337. The summed E-state index contributed by atoms with van der Waals surface area (Å²) in [5.41, 5.74) is 2.80. The van der Waals surface area contributed by atoms with Crippen LogP contribution in [0.25, 0.3) is 11.3 Å². The molecule has 2 heterocycles. The molecule has 0 aliphatic carbocycles. The number of benzene rings is 3. The van der Waals surface area contributed by atoms with Gasteiger partial charge in [-0.15, -0.1) is 11.3 Å². The van der Waals surface area contributed by atoms with Gasteiger partial charge in [-0.25, -0.2) is 18.4 Å². The number of aromatic nitrogens is 1. The van der Waals surface area contributed by atoms with Gasteiger partial charge in [0, 0.05) is 21.5 Å². The van der Waals surface area contributed by atoms with Crippen molar-refractivity contribution < 1.29 is 18.3 Å². The van der Waals surface area contributed by atoms with Gasteiger partial charge in [0.15, 0.2) is 12.4 Å². The molecule has 1 aromatic heterocycles. The maximum absolute atomic E-state index is 14.3. The molecule has 6 nitrogen and oxygen atoms in total. The van der Waals surface area contributed by atoms with Gasteiger partial charge in [-0.2, -0.15) is 5.10 Å². The normalized spacial score (nSPS) is 13.6. The van der Waals surface area contributed by atoms with Crippen LogP contribution in [0.2, 0.25) is 0 Å². The van der Waals surface area contributed by atoms with Gasteiger partial charge in [0.1, 0.15) is 17.3 Å². The van der Waals surface area contributed by atoms with E-state index < -0.39 is 11.6 Å². The fourth-order valence-electron chi connectivity index (χ4n) is 3.28. The Hall–Kier alpha value is -3.63. The highest BCUT2D eigenvalue weighted by Crippen LogP contribution is 2.33. The first kappa shape index (κ1) is 22.2. The van der Waals surface area contributed by atoms with Crippen LogP contribution in [0.5, 0.6) is 5.75 Å². The Morgan fingerprint density at radius 3 is 2.71 bits per heavy atom. The minimum atomic E-state index is -0.771. The van der Waals surface area contributed by atoms with E-state index in [1.807, 2.05) is 35.7 Å². The van der Waals surface area contributed by atoms with Crippen molar-refractivity contribution in [3.05, 3.63) is 92.5 Å². The van der Waals surface area contributed by atoms with Gasteiger partial charge in [-0.1, -0.05) is 28.1 Å². The van der Waals surface area contributed by atoms with Crippen LogP contribution in [0.3, 0.4) is 0 Å². The fourth-order valence-corrected chi connectivity index (χ4v) is 4.39. The lowest BCUT2D eigenvalue weighted by molar-refractivity contribution is -0.118. The van der Waals surface area contributed by atoms with Gasteiger partial charge in [-0.3, -0.25) is 4.79 Å². The molecule has 170 valence electrons. The molecule has 0 atom stereocenters. The number of hydrogen-bond acceptors (Lipinski definition) is 5. The Balaban J connectivity index is 1.63. The predicted molar refractivity (Wildman–Crippen MR) is 131 cm³/mol. The number of rotatable bonds is 4. The zero-order valence-corrected chi connectivity index (χ0v) is 19.7. The summed E-state index contributed by atoms with van der Waals surface area (Å²) in [6, 6.07) is 16.2. The molecule has 0 saturated carbocycles. The van der Waals surface area contributed by atoms with Crippen molar-refractivity contribution >= 4 is 50.8 Å². The summed E-state index contributed by atoms with van der Waals surface area (Å²) >= 11 is 4.66. The van der Waals surface area contributed by atoms with E-state index in [9.17, 15) is 13.6 Å². The fraction of sp³-hybridized carbons (Fsp3) is 0.0417. The van der Waals surface area contributed by atoms with Crippen LogP contribution < -0.4 is 14.9 Å². The Morgan fingerprint density at radius 1 is 1.09 bits per heavy atom. The number of halogens is 3. The van der Waals surface area contributed by atoms with E-state index in [2.05, 4.69) is 31.3 Å². The lowest BCUT2D eigenvalue weighted by Crippen LogP contribution is -2.25. The first-order valence-electron chi connectivity index (χ1n) is 10.0. The SMILES string of the molecule is O=C1COc2ccc(-c3csc(=Nc4ccc(F)cc4F)n3N=Cc3ccc(Br)cc3)cc2N1. The minimum absolute atomic E-state index is 0.00602. The summed E-state index contributed by atoms with van der Waals surface area (Å²) < 4.78 is 35.6. The average Bonchev–Trinajstić information content (AvgIpc) is 3.22. The lowest BCUT2D eigenvalue weighted by Gasteiger charge is -2.18. The number of amides is 1. The molecule has 4 aromatic rings. The first-order chi connectivity index (χ1) is 16.5.